The Kier molecular flexibility index (Phi) is 5.71. The number of carbonyl (C=O) groups excluding carboxylic acids is 2. The fourth-order valence-corrected chi connectivity index (χ4v) is 1.36. The van der Waals surface area contributed by atoms with E-state index in [1.54, 1.807) is 13.0 Å². The number of nitrogens with two attached hydrogens (primary N) is 2. The second-order valence-corrected chi connectivity index (χ2v) is 3.79. The van der Waals surface area contributed by atoms with E-state index in [0.717, 1.165) is 5.69 Å². The number of hydrazine groups is 1. The van der Waals surface area contributed by atoms with E-state index in [0.29, 0.717) is 11.3 Å². The summed E-state index contributed by atoms with van der Waals surface area (Å²) in [5, 5.41) is 2.62. The first-order valence-corrected chi connectivity index (χ1v) is 5.62. The van der Waals surface area contributed by atoms with Crippen LogP contribution in [0.1, 0.15) is 16.1 Å². The number of amides is 2. The molecule has 8 heteroatoms. The molecule has 8 nitrogen and oxygen atoms in total. The predicted molar refractivity (Wildman–Crippen MR) is 69.1 cm³/mol. The van der Waals surface area contributed by atoms with E-state index in [1.807, 2.05) is 0 Å². The summed E-state index contributed by atoms with van der Waals surface area (Å²) in [6.45, 7) is 2.07. The summed E-state index contributed by atoms with van der Waals surface area (Å²) < 4.78 is 4.91. The molecule has 1 heterocycles. The summed E-state index contributed by atoms with van der Waals surface area (Å²) in [5.74, 6) is 4.45. The molecule has 0 fully saturated rings. The Labute approximate surface area is 110 Å². The maximum absolute atomic E-state index is 11.8. The Morgan fingerprint density at radius 3 is 2.84 bits per heavy atom. The number of carbonyl (C=O) groups is 2. The maximum Gasteiger partial charge on any atom is 0.255 e. The van der Waals surface area contributed by atoms with E-state index in [2.05, 4.69) is 15.7 Å². The van der Waals surface area contributed by atoms with Crippen LogP contribution in [-0.4, -0.2) is 36.6 Å². The van der Waals surface area contributed by atoms with Gasteiger partial charge >= 0.3 is 0 Å². The summed E-state index contributed by atoms with van der Waals surface area (Å²) in [5.41, 5.74) is 8.91. The summed E-state index contributed by atoms with van der Waals surface area (Å²) in [6.07, 6.45) is 1.43. The number of nitrogens with zero attached hydrogens (tertiary/aromatic N) is 1. The molecule has 1 aromatic rings. The third kappa shape index (κ3) is 4.90. The van der Waals surface area contributed by atoms with Gasteiger partial charge in [-0.05, 0) is 13.0 Å². The zero-order valence-electron chi connectivity index (χ0n) is 10.6. The van der Waals surface area contributed by atoms with Crippen LogP contribution in [0.3, 0.4) is 0 Å². The molecule has 1 aromatic heterocycles. The number of anilines is 1. The molecule has 2 amide bonds. The highest BCUT2D eigenvalue weighted by Gasteiger charge is 2.11. The van der Waals surface area contributed by atoms with Gasteiger partial charge in [0.05, 0.1) is 17.9 Å². The number of nitrogen functional groups attached to an aromatic ring is 1. The zero-order chi connectivity index (χ0) is 14.3. The van der Waals surface area contributed by atoms with Crippen molar-refractivity contribution in [2.75, 3.05) is 25.2 Å². The van der Waals surface area contributed by atoms with E-state index in [-0.39, 0.29) is 25.7 Å². The second kappa shape index (κ2) is 7.29. The highest BCUT2D eigenvalue weighted by atomic mass is 16.5. The van der Waals surface area contributed by atoms with Gasteiger partial charge < -0.3 is 21.2 Å². The number of ether oxygens (including phenoxy) is 1. The van der Waals surface area contributed by atoms with E-state index in [4.69, 9.17) is 16.3 Å². The van der Waals surface area contributed by atoms with E-state index < -0.39 is 5.91 Å². The molecule has 1 rings (SSSR count). The van der Waals surface area contributed by atoms with Crippen LogP contribution >= 0.6 is 0 Å². The van der Waals surface area contributed by atoms with Gasteiger partial charge in [0.15, 0.2) is 0 Å². The van der Waals surface area contributed by atoms with E-state index in [9.17, 15) is 9.59 Å². The predicted octanol–water partition coefficient (Wildman–Crippen LogP) is -1.09. The van der Waals surface area contributed by atoms with Gasteiger partial charge in [0.2, 0.25) is 5.91 Å². The van der Waals surface area contributed by atoms with Crippen molar-refractivity contribution in [3.8, 4) is 0 Å². The standard InChI is InChI=1S/C11H17N5O3/c1-7-4-9(16-13)8(5-15-7)11(18)14-2-3-19-6-10(12)17/h4-5H,2-3,6,13H2,1H3,(H2,12,17)(H,14,18)(H,15,16). The molecule has 0 spiro atoms. The molecule has 19 heavy (non-hydrogen) atoms. The van der Waals surface area contributed by atoms with Gasteiger partial charge in [-0.25, -0.2) is 0 Å². The van der Waals surface area contributed by atoms with Crippen LogP contribution in [0.4, 0.5) is 5.69 Å². The highest BCUT2D eigenvalue weighted by molar-refractivity contribution is 5.99. The molecule has 0 unspecified atom stereocenters. The number of aromatic nitrogens is 1. The molecule has 0 saturated carbocycles. The second-order valence-electron chi connectivity index (χ2n) is 3.79. The lowest BCUT2D eigenvalue weighted by Gasteiger charge is -2.10. The quantitative estimate of drug-likeness (QED) is 0.282. The summed E-state index contributed by atoms with van der Waals surface area (Å²) in [7, 11) is 0. The van der Waals surface area contributed by atoms with Gasteiger partial charge in [-0.3, -0.25) is 20.4 Å². The lowest BCUT2D eigenvalue weighted by atomic mass is 10.2. The van der Waals surface area contributed by atoms with Crippen molar-refractivity contribution in [2.45, 2.75) is 6.92 Å². The molecule has 0 aliphatic carbocycles. The first-order chi connectivity index (χ1) is 9.04. The van der Waals surface area contributed by atoms with Crippen LogP contribution in [0, 0.1) is 6.92 Å². The maximum atomic E-state index is 11.8. The largest absolute Gasteiger partial charge is 0.370 e. The topological polar surface area (TPSA) is 132 Å². The number of hydrogen-bond acceptors (Lipinski definition) is 6. The molecule has 0 saturated heterocycles. The van der Waals surface area contributed by atoms with Crippen molar-refractivity contribution in [1.29, 1.82) is 0 Å². The monoisotopic (exact) mass is 267 g/mol. The van der Waals surface area contributed by atoms with Crippen LogP contribution < -0.4 is 22.3 Å². The van der Waals surface area contributed by atoms with Crippen molar-refractivity contribution in [3.05, 3.63) is 23.5 Å². The third-order valence-corrected chi connectivity index (χ3v) is 2.22. The lowest BCUT2D eigenvalue weighted by Crippen LogP contribution is -2.30. The van der Waals surface area contributed by atoms with Gasteiger partial charge in [0.25, 0.3) is 5.91 Å². The molecular formula is C11H17N5O3. The number of hydrogen-bond donors (Lipinski definition) is 4. The molecule has 104 valence electrons. The van der Waals surface area contributed by atoms with Gasteiger partial charge in [0, 0.05) is 18.4 Å². The van der Waals surface area contributed by atoms with Gasteiger partial charge in [-0.1, -0.05) is 0 Å². The number of primary amides is 1. The normalized spacial score (nSPS) is 10.0. The summed E-state index contributed by atoms with van der Waals surface area (Å²) >= 11 is 0. The van der Waals surface area contributed by atoms with Gasteiger partial charge in [-0.2, -0.15) is 0 Å². The van der Waals surface area contributed by atoms with Crippen LogP contribution in [0.15, 0.2) is 12.3 Å². The van der Waals surface area contributed by atoms with Gasteiger partial charge in [0.1, 0.15) is 6.61 Å². The molecule has 6 N–H and O–H groups in total. The Morgan fingerprint density at radius 1 is 1.47 bits per heavy atom. The summed E-state index contributed by atoms with van der Waals surface area (Å²) in [6, 6.07) is 1.67. The first-order valence-electron chi connectivity index (χ1n) is 5.62. The van der Waals surface area contributed by atoms with E-state index >= 15 is 0 Å². The minimum absolute atomic E-state index is 0.169. The minimum atomic E-state index is -0.552. The molecule has 0 radical (unpaired) electrons. The highest BCUT2D eigenvalue weighted by Crippen LogP contribution is 2.13. The number of nitrogens with one attached hydrogen (secondary N) is 2. The van der Waals surface area contributed by atoms with Crippen molar-refractivity contribution in [3.63, 3.8) is 0 Å². The average Bonchev–Trinajstić information content (AvgIpc) is 2.37. The van der Waals surface area contributed by atoms with Crippen LogP contribution in [-0.2, 0) is 9.53 Å². The van der Waals surface area contributed by atoms with Gasteiger partial charge in [-0.15, -0.1) is 0 Å². The first kappa shape index (κ1) is 14.9. The number of aryl methyl sites for hydroxylation is 1. The molecular weight excluding hydrogens is 250 g/mol. The number of rotatable bonds is 7. The summed E-state index contributed by atoms with van der Waals surface area (Å²) in [4.78, 5) is 26.3. The fourth-order valence-electron chi connectivity index (χ4n) is 1.36. The SMILES string of the molecule is Cc1cc(NN)c(C(=O)NCCOCC(N)=O)cn1. The zero-order valence-corrected chi connectivity index (χ0v) is 10.6. The molecule has 0 aromatic carbocycles. The van der Waals surface area contributed by atoms with Crippen LogP contribution in [0.25, 0.3) is 0 Å². The number of pyridine rings is 1. The third-order valence-electron chi connectivity index (χ3n) is 2.22. The Morgan fingerprint density at radius 2 is 2.21 bits per heavy atom. The van der Waals surface area contributed by atoms with Crippen LogP contribution in [0.5, 0.6) is 0 Å². The Hall–Kier alpha value is -2.19. The lowest BCUT2D eigenvalue weighted by molar-refractivity contribution is -0.122. The average molecular weight is 267 g/mol. The van der Waals surface area contributed by atoms with Crippen LogP contribution in [0.2, 0.25) is 0 Å². The molecule has 0 atom stereocenters. The van der Waals surface area contributed by atoms with Crippen molar-refractivity contribution < 1.29 is 14.3 Å². The molecule has 0 bridgehead atoms. The Balaban J connectivity index is 2.47. The molecule has 0 aliphatic rings. The minimum Gasteiger partial charge on any atom is -0.370 e. The Bertz CT molecular complexity index is 464. The van der Waals surface area contributed by atoms with Crippen molar-refractivity contribution in [1.82, 2.24) is 10.3 Å². The molecule has 0 aliphatic heterocycles. The van der Waals surface area contributed by atoms with Crippen molar-refractivity contribution >= 4 is 17.5 Å². The van der Waals surface area contributed by atoms with Crippen molar-refractivity contribution in [2.24, 2.45) is 11.6 Å². The fraction of sp³-hybridized carbons (Fsp3) is 0.364. The smallest absolute Gasteiger partial charge is 0.255 e. The van der Waals surface area contributed by atoms with E-state index in [1.165, 1.54) is 6.20 Å².